The fourth-order valence-corrected chi connectivity index (χ4v) is 7.00. The Morgan fingerprint density at radius 1 is 0.649 bits per heavy atom. The lowest BCUT2D eigenvalue weighted by Gasteiger charge is -2.32. The number of furan rings is 1. The number of benzene rings is 4. The number of hydrogen-bond donors (Lipinski definition) is 0. The van der Waals surface area contributed by atoms with Crippen molar-refractivity contribution in [2.75, 3.05) is 0 Å². The molecule has 0 aliphatic carbocycles. The van der Waals surface area contributed by atoms with Gasteiger partial charge in [0.05, 0.1) is 21.0 Å². The van der Waals surface area contributed by atoms with Crippen LogP contribution in [0, 0.1) is 0 Å². The number of rotatable bonds is 2. The molecule has 0 amide bonds. The Kier molecular flexibility index (Phi) is 4.52. The van der Waals surface area contributed by atoms with Crippen molar-refractivity contribution in [2.24, 2.45) is 0 Å². The first-order valence-corrected chi connectivity index (χ1v) is 13.8. The van der Waals surface area contributed by atoms with E-state index in [0.717, 1.165) is 49.7 Å². The molecule has 1 fully saturated rings. The van der Waals surface area contributed by atoms with E-state index < -0.39 is 28.2 Å². The van der Waals surface area contributed by atoms with Crippen LogP contribution < -0.4 is 5.46 Å². The molecule has 0 unspecified atom stereocenters. The van der Waals surface area contributed by atoms with Gasteiger partial charge in [-0.05, 0) is 74.6 Å². The Hall–Kier alpha value is -3.39. The Balaban J connectivity index is 1.28. The van der Waals surface area contributed by atoms with Gasteiger partial charge in [0.1, 0.15) is 11.2 Å². The first-order chi connectivity index (χ1) is 17.5. The van der Waals surface area contributed by atoms with Gasteiger partial charge in [-0.15, -0.1) is 0 Å². The van der Waals surface area contributed by atoms with E-state index >= 15 is 0 Å². The fraction of sp³-hybridized carbons (Fsp3) is 0.200. The largest absolute Gasteiger partial charge is 0.494 e. The normalized spacial score (nSPS) is 18.9. The molecule has 5 aromatic rings. The first kappa shape index (κ1) is 22.8. The zero-order valence-electron chi connectivity index (χ0n) is 21.0. The molecule has 2 aliphatic rings. The molecule has 3 heterocycles. The van der Waals surface area contributed by atoms with Crippen LogP contribution in [0.1, 0.15) is 27.7 Å². The lowest BCUT2D eigenvalue weighted by atomic mass is 9.79. The molecule has 7 heteroatoms. The van der Waals surface area contributed by atoms with Gasteiger partial charge < -0.3 is 13.7 Å². The van der Waals surface area contributed by atoms with Crippen LogP contribution in [0.4, 0.5) is 0 Å². The molecule has 184 valence electrons. The SMILES string of the molecule is CC1(C)OB(c2ccc3c(c2)oc2cc(-c4ccc5c(c4)S(=O)(=O)c4ccccc4-5)ccc23)OC1(C)C. The summed E-state index contributed by atoms with van der Waals surface area (Å²) in [5, 5.41) is 2.01. The van der Waals surface area contributed by atoms with Crippen LogP contribution >= 0.6 is 0 Å². The van der Waals surface area contributed by atoms with Crippen molar-refractivity contribution in [2.45, 2.75) is 48.7 Å². The molecule has 0 atom stereocenters. The van der Waals surface area contributed by atoms with Gasteiger partial charge in [-0.3, -0.25) is 0 Å². The van der Waals surface area contributed by atoms with E-state index in [9.17, 15) is 8.42 Å². The molecule has 0 N–H and O–H groups in total. The van der Waals surface area contributed by atoms with Crippen LogP contribution in [-0.4, -0.2) is 26.7 Å². The number of hydrogen-bond acceptors (Lipinski definition) is 5. The maximum atomic E-state index is 13.2. The highest BCUT2D eigenvalue weighted by molar-refractivity contribution is 7.92. The maximum absolute atomic E-state index is 13.2. The van der Waals surface area contributed by atoms with E-state index in [0.29, 0.717) is 9.79 Å². The quantitative estimate of drug-likeness (QED) is 0.255. The molecule has 0 spiro atoms. The Labute approximate surface area is 216 Å². The van der Waals surface area contributed by atoms with Crippen molar-refractivity contribution in [3.63, 3.8) is 0 Å². The van der Waals surface area contributed by atoms with Gasteiger partial charge in [-0.2, -0.15) is 0 Å². The Morgan fingerprint density at radius 3 is 2.00 bits per heavy atom. The highest BCUT2D eigenvalue weighted by atomic mass is 32.2. The zero-order chi connectivity index (χ0) is 25.7. The molecule has 4 aromatic carbocycles. The van der Waals surface area contributed by atoms with Crippen LogP contribution in [0.2, 0.25) is 0 Å². The second-order valence-corrected chi connectivity index (χ2v) is 12.8. The fourth-order valence-electron chi connectivity index (χ4n) is 5.29. The van der Waals surface area contributed by atoms with Gasteiger partial charge in [-0.1, -0.05) is 48.5 Å². The molecular formula is C30H25BO5S. The van der Waals surface area contributed by atoms with Crippen LogP contribution in [-0.2, 0) is 19.1 Å². The van der Waals surface area contributed by atoms with E-state index in [1.54, 1.807) is 18.2 Å². The molecule has 0 saturated carbocycles. The van der Waals surface area contributed by atoms with E-state index in [1.807, 2.05) is 88.4 Å². The summed E-state index contributed by atoms with van der Waals surface area (Å²) in [6.07, 6.45) is 0. The summed E-state index contributed by atoms with van der Waals surface area (Å²) in [5.41, 5.74) is 4.81. The van der Waals surface area contributed by atoms with E-state index in [4.69, 9.17) is 13.7 Å². The molecule has 1 saturated heterocycles. The predicted molar refractivity (Wildman–Crippen MR) is 146 cm³/mol. The van der Waals surface area contributed by atoms with E-state index in [-0.39, 0.29) is 0 Å². The van der Waals surface area contributed by atoms with Crippen molar-refractivity contribution in [1.29, 1.82) is 0 Å². The molecule has 0 radical (unpaired) electrons. The van der Waals surface area contributed by atoms with Crippen molar-refractivity contribution in [1.82, 2.24) is 0 Å². The van der Waals surface area contributed by atoms with Gasteiger partial charge >= 0.3 is 7.12 Å². The molecule has 0 bridgehead atoms. The average Bonchev–Trinajstić information content (AvgIpc) is 3.42. The lowest BCUT2D eigenvalue weighted by molar-refractivity contribution is 0.00578. The summed E-state index contributed by atoms with van der Waals surface area (Å²) in [6, 6.07) is 24.8. The smallest absolute Gasteiger partial charge is 0.456 e. The average molecular weight is 508 g/mol. The van der Waals surface area contributed by atoms with Crippen molar-refractivity contribution < 1.29 is 22.1 Å². The molecule has 7 rings (SSSR count). The maximum Gasteiger partial charge on any atom is 0.494 e. The summed E-state index contributed by atoms with van der Waals surface area (Å²) in [4.78, 5) is 0.718. The van der Waals surface area contributed by atoms with E-state index in [1.165, 1.54) is 0 Å². The van der Waals surface area contributed by atoms with Crippen LogP contribution in [0.25, 0.3) is 44.2 Å². The van der Waals surface area contributed by atoms with Crippen molar-refractivity contribution >= 4 is 44.4 Å². The molecule has 2 aliphatic heterocycles. The Morgan fingerprint density at radius 2 is 1.24 bits per heavy atom. The standard InChI is InChI=1S/C30H25BO5S/c1-29(2)30(3,4)36-31(35-29)20-11-14-22-21-12-9-18(15-25(21)34-26(22)17-20)19-10-13-24-23-7-5-6-8-27(23)37(32,33)28(24)16-19/h5-17H,1-4H3. The molecule has 1 aromatic heterocycles. The summed E-state index contributed by atoms with van der Waals surface area (Å²) in [6.45, 7) is 8.16. The third-order valence-electron chi connectivity index (χ3n) is 8.09. The summed E-state index contributed by atoms with van der Waals surface area (Å²) in [7, 11) is -4.00. The Bertz CT molecular complexity index is 1850. The predicted octanol–water partition coefficient (Wildman–Crippen LogP) is 6.37. The third kappa shape index (κ3) is 3.21. The monoisotopic (exact) mass is 508 g/mol. The third-order valence-corrected chi connectivity index (χ3v) is 9.95. The molecule has 37 heavy (non-hydrogen) atoms. The van der Waals surface area contributed by atoms with Crippen LogP contribution in [0.3, 0.4) is 0 Å². The van der Waals surface area contributed by atoms with Crippen LogP contribution in [0.15, 0.2) is 93.1 Å². The van der Waals surface area contributed by atoms with Gasteiger partial charge in [0.15, 0.2) is 0 Å². The molecular weight excluding hydrogens is 483 g/mol. The minimum Gasteiger partial charge on any atom is -0.456 e. The second-order valence-electron chi connectivity index (χ2n) is 10.9. The highest BCUT2D eigenvalue weighted by Gasteiger charge is 2.51. The number of fused-ring (bicyclic) bond motifs is 6. The summed E-state index contributed by atoms with van der Waals surface area (Å²) in [5.74, 6) is 0. The zero-order valence-corrected chi connectivity index (χ0v) is 21.8. The minimum absolute atomic E-state index is 0.350. The summed E-state index contributed by atoms with van der Waals surface area (Å²) >= 11 is 0. The number of sulfone groups is 1. The topological polar surface area (TPSA) is 65.7 Å². The highest BCUT2D eigenvalue weighted by Crippen LogP contribution is 2.45. The van der Waals surface area contributed by atoms with Crippen LogP contribution in [0.5, 0.6) is 0 Å². The second kappa shape index (κ2) is 7.35. The van der Waals surface area contributed by atoms with Gasteiger partial charge in [0, 0.05) is 21.9 Å². The lowest BCUT2D eigenvalue weighted by Crippen LogP contribution is -2.41. The van der Waals surface area contributed by atoms with Gasteiger partial charge in [0.25, 0.3) is 0 Å². The van der Waals surface area contributed by atoms with Crippen molar-refractivity contribution in [3.8, 4) is 22.3 Å². The minimum atomic E-state index is -3.54. The van der Waals surface area contributed by atoms with Gasteiger partial charge in [-0.25, -0.2) is 8.42 Å². The molecule has 5 nitrogen and oxygen atoms in total. The first-order valence-electron chi connectivity index (χ1n) is 12.4. The summed E-state index contributed by atoms with van der Waals surface area (Å²) < 4.78 is 45.0. The van der Waals surface area contributed by atoms with Gasteiger partial charge in [0.2, 0.25) is 9.84 Å². The van der Waals surface area contributed by atoms with E-state index in [2.05, 4.69) is 0 Å². The van der Waals surface area contributed by atoms with Crippen molar-refractivity contribution in [3.05, 3.63) is 78.9 Å².